The van der Waals surface area contributed by atoms with E-state index in [4.69, 9.17) is 17.3 Å². The van der Waals surface area contributed by atoms with E-state index in [-0.39, 0.29) is 22.6 Å². The highest BCUT2D eigenvalue weighted by Gasteiger charge is 2.37. The van der Waals surface area contributed by atoms with Crippen molar-refractivity contribution in [3.63, 3.8) is 0 Å². The Morgan fingerprint density at radius 1 is 1.13 bits per heavy atom. The largest absolute Gasteiger partial charge is 0.478 e. The standard InChI is InChI=1S/C24H24ClN3O3/c25-19-6-2-5-18(14-19)24(15-26)11-9-20(10-12-24)28-22(29)8-7-21(27-28)16-3-1-4-17(13-16)23(30)31/h1-8,13-14,20H,9-12,15,26H2,(H,30,31). The molecule has 0 atom stereocenters. The van der Waals surface area contributed by atoms with Gasteiger partial charge in [0, 0.05) is 28.6 Å². The Bertz CT molecular complexity index is 1170. The van der Waals surface area contributed by atoms with Crippen molar-refractivity contribution < 1.29 is 9.90 Å². The second-order valence-corrected chi connectivity index (χ2v) is 8.55. The van der Waals surface area contributed by atoms with Crippen molar-refractivity contribution in [3.8, 4) is 11.3 Å². The third kappa shape index (κ3) is 4.27. The molecule has 1 saturated carbocycles. The molecular formula is C24H24ClN3O3. The minimum absolute atomic E-state index is 0.0334. The van der Waals surface area contributed by atoms with Gasteiger partial charge in [-0.1, -0.05) is 35.9 Å². The predicted octanol–water partition coefficient (Wildman–Crippen LogP) is 4.27. The van der Waals surface area contributed by atoms with Gasteiger partial charge in [0.2, 0.25) is 0 Å². The van der Waals surface area contributed by atoms with Gasteiger partial charge in [-0.15, -0.1) is 0 Å². The number of carbonyl (C=O) groups is 1. The third-order valence-corrected chi connectivity index (χ3v) is 6.55. The molecule has 0 bridgehead atoms. The maximum atomic E-state index is 12.6. The topological polar surface area (TPSA) is 98.2 Å². The maximum absolute atomic E-state index is 12.6. The number of carboxylic acids is 1. The van der Waals surface area contributed by atoms with Gasteiger partial charge in [-0.3, -0.25) is 4.79 Å². The van der Waals surface area contributed by atoms with E-state index >= 15 is 0 Å². The number of aromatic nitrogens is 2. The Labute approximate surface area is 185 Å². The first-order valence-corrected chi connectivity index (χ1v) is 10.7. The van der Waals surface area contributed by atoms with Crippen LogP contribution in [0, 0.1) is 0 Å². The summed E-state index contributed by atoms with van der Waals surface area (Å²) in [6, 6.07) is 17.5. The Morgan fingerprint density at radius 2 is 1.87 bits per heavy atom. The molecule has 4 rings (SSSR count). The number of nitrogens with two attached hydrogens (primary N) is 1. The quantitative estimate of drug-likeness (QED) is 0.621. The fourth-order valence-corrected chi connectivity index (χ4v) is 4.67. The molecule has 2 aromatic carbocycles. The molecule has 0 radical (unpaired) electrons. The van der Waals surface area contributed by atoms with Crippen LogP contribution in [0.25, 0.3) is 11.3 Å². The molecule has 6 nitrogen and oxygen atoms in total. The fourth-order valence-electron chi connectivity index (χ4n) is 4.48. The highest BCUT2D eigenvalue weighted by molar-refractivity contribution is 6.30. The van der Waals surface area contributed by atoms with Crippen molar-refractivity contribution in [2.45, 2.75) is 37.1 Å². The molecule has 160 valence electrons. The highest BCUT2D eigenvalue weighted by atomic mass is 35.5. The molecular weight excluding hydrogens is 414 g/mol. The van der Waals surface area contributed by atoms with E-state index in [0.29, 0.717) is 22.8 Å². The van der Waals surface area contributed by atoms with Crippen LogP contribution in [0.4, 0.5) is 0 Å². The van der Waals surface area contributed by atoms with Gasteiger partial charge in [0.05, 0.1) is 17.3 Å². The van der Waals surface area contributed by atoms with Gasteiger partial charge >= 0.3 is 5.97 Å². The van der Waals surface area contributed by atoms with E-state index in [1.807, 2.05) is 18.2 Å². The number of aromatic carboxylic acids is 1. The zero-order valence-electron chi connectivity index (χ0n) is 17.0. The van der Waals surface area contributed by atoms with Crippen LogP contribution in [0.2, 0.25) is 5.02 Å². The predicted molar refractivity (Wildman–Crippen MR) is 121 cm³/mol. The van der Waals surface area contributed by atoms with Crippen molar-refractivity contribution in [3.05, 3.63) is 87.2 Å². The molecule has 1 fully saturated rings. The van der Waals surface area contributed by atoms with E-state index in [2.05, 4.69) is 11.2 Å². The Hall–Kier alpha value is -2.96. The number of nitrogens with zero attached hydrogens (tertiary/aromatic N) is 2. The van der Waals surface area contributed by atoms with Crippen molar-refractivity contribution in [1.82, 2.24) is 9.78 Å². The van der Waals surface area contributed by atoms with Crippen molar-refractivity contribution in [2.75, 3.05) is 6.54 Å². The molecule has 3 aromatic rings. The number of benzene rings is 2. The summed E-state index contributed by atoms with van der Waals surface area (Å²) in [6.07, 6.45) is 3.22. The zero-order chi connectivity index (χ0) is 22.0. The van der Waals surface area contributed by atoms with Gasteiger partial charge < -0.3 is 10.8 Å². The summed E-state index contributed by atoms with van der Waals surface area (Å²) in [5.74, 6) is -0.999. The molecule has 0 spiro atoms. The molecule has 1 aliphatic carbocycles. The number of hydrogen-bond acceptors (Lipinski definition) is 4. The van der Waals surface area contributed by atoms with E-state index in [1.165, 1.54) is 12.1 Å². The molecule has 3 N–H and O–H groups in total. The zero-order valence-corrected chi connectivity index (χ0v) is 17.8. The van der Waals surface area contributed by atoms with E-state index in [0.717, 1.165) is 31.2 Å². The number of halogens is 1. The van der Waals surface area contributed by atoms with Gasteiger partial charge in [-0.2, -0.15) is 5.10 Å². The van der Waals surface area contributed by atoms with Gasteiger partial charge in [-0.25, -0.2) is 9.48 Å². The summed E-state index contributed by atoms with van der Waals surface area (Å²) in [4.78, 5) is 23.9. The summed E-state index contributed by atoms with van der Waals surface area (Å²) < 4.78 is 1.54. The molecule has 0 saturated heterocycles. The average molecular weight is 438 g/mol. The van der Waals surface area contributed by atoms with E-state index in [1.54, 1.807) is 28.9 Å². The van der Waals surface area contributed by atoms with Crippen LogP contribution >= 0.6 is 11.6 Å². The Morgan fingerprint density at radius 3 is 2.55 bits per heavy atom. The summed E-state index contributed by atoms with van der Waals surface area (Å²) in [7, 11) is 0. The van der Waals surface area contributed by atoms with Crippen molar-refractivity contribution in [2.24, 2.45) is 5.73 Å². The SMILES string of the molecule is NCC1(c2cccc(Cl)c2)CCC(n2nc(-c3cccc(C(=O)O)c3)ccc2=O)CC1. The van der Waals surface area contributed by atoms with Crippen LogP contribution in [-0.4, -0.2) is 27.4 Å². The van der Waals surface area contributed by atoms with Crippen molar-refractivity contribution in [1.29, 1.82) is 0 Å². The summed E-state index contributed by atoms with van der Waals surface area (Å²) in [5, 5.41) is 14.5. The lowest BCUT2D eigenvalue weighted by Gasteiger charge is -2.40. The summed E-state index contributed by atoms with van der Waals surface area (Å²) in [6.45, 7) is 0.518. The minimum Gasteiger partial charge on any atom is -0.478 e. The van der Waals surface area contributed by atoms with Crippen LogP contribution in [0.3, 0.4) is 0 Å². The first kappa shape index (κ1) is 21.3. The van der Waals surface area contributed by atoms with Crippen molar-refractivity contribution >= 4 is 17.6 Å². The second kappa shape index (κ2) is 8.65. The van der Waals surface area contributed by atoms with Crippen LogP contribution in [-0.2, 0) is 5.41 Å². The lowest BCUT2D eigenvalue weighted by atomic mass is 9.68. The molecule has 0 aliphatic heterocycles. The average Bonchev–Trinajstić information content (AvgIpc) is 2.79. The first-order valence-electron chi connectivity index (χ1n) is 10.3. The van der Waals surface area contributed by atoms with Crippen LogP contribution in [0.5, 0.6) is 0 Å². The lowest BCUT2D eigenvalue weighted by Crippen LogP contribution is -2.41. The normalized spacial score (nSPS) is 21.0. The monoisotopic (exact) mass is 437 g/mol. The third-order valence-electron chi connectivity index (χ3n) is 6.32. The highest BCUT2D eigenvalue weighted by Crippen LogP contribution is 2.42. The summed E-state index contributed by atoms with van der Waals surface area (Å²) >= 11 is 6.20. The van der Waals surface area contributed by atoms with Gasteiger partial charge in [0.15, 0.2) is 0 Å². The molecule has 1 heterocycles. The maximum Gasteiger partial charge on any atom is 0.335 e. The van der Waals surface area contributed by atoms with E-state index in [9.17, 15) is 14.7 Å². The fraction of sp³-hybridized carbons (Fsp3) is 0.292. The Balaban J connectivity index is 1.60. The number of carboxylic acid groups (broad SMARTS) is 1. The lowest BCUT2D eigenvalue weighted by molar-refractivity contribution is 0.0697. The molecule has 7 heteroatoms. The minimum atomic E-state index is -0.999. The van der Waals surface area contributed by atoms with Gasteiger partial charge in [0.1, 0.15) is 0 Å². The van der Waals surface area contributed by atoms with E-state index < -0.39 is 5.97 Å². The molecule has 0 unspecified atom stereocenters. The molecule has 0 amide bonds. The van der Waals surface area contributed by atoms with Gasteiger partial charge in [-0.05, 0) is 61.6 Å². The Kier molecular flexibility index (Phi) is 5.94. The molecule has 31 heavy (non-hydrogen) atoms. The van der Waals surface area contributed by atoms with Crippen LogP contribution in [0.15, 0.2) is 65.5 Å². The molecule has 1 aliphatic rings. The van der Waals surface area contributed by atoms with Crippen LogP contribution in [0.1, 0.15) is 47.6 Å². The second-order valence-electron chi connectivity index (χ2n) is 8.11. The number of rotatable bonds is 5. The van der Waals surface area contributed by atoms with Crippen LogP contribution < -0.4 is 11.3 Å². The molecule has 1 aromatic heterocycles. The smallest absolute Gasteiger partial charge is 0.335 e. The van der Waals surface area contributed by atoms with Gasteiger partial charge in [0.25, 0.3) is 5.56 Å². The summed E-state index contributed by atoms with van der Waals surface area (Å²) in [5.41, 5.74) is 8.45. The first-order chi connectivity index (χ1) is 14.9. The number of hydrogen-bond donors (Lipinski definition) is 2.